The molecule has 8 nitrogen and oxygen atoms in total. The molecule has 2 aliphatic rings. The highest BCUT2D eigenvalue weighted by molar-refractivity contribution is 5.51. The molecule has 0 aromatic carbocycles. The molecule has 0 atom stereocenters. The molecule has 0 radical (unpaired) electrons. The largest absolute Gasteiger partial charge is 0.353 e. The van der Waals surface area contributed by atoms with Crippen molar-refractivity contribution in [3.8, 4) is 6.07 Å². The number of hydrogen-bond donors (Lipinski definition) is 0. The molecule has 5 rings (SSSR count). The molecule has 0 unspecified atom stereocenters. The third-order valence-corrected chi connectivity index (χ3v) is 5.72. The summed E-state index contributed by atoms with van der Waals surface area (Å²) in [4.78, 5) is 8.80. The maximum atomic E-state index is 8.90. The normalized spacial score (nSPS) is 17.4. The van der Waals surface area contributed by atoms with Gasteiger partial charge in [0, 0.05) is 32.3 Å². The Morgan fingerprint density at radius 1 is 1.15 bits per heavy atom. The molecule has 3 aromatic heterocycles. The van der Waals surface area contributed by atoms with Gasteiger partial charge in [0.2, 0.25) is 0 Å². The van der Waals surface area contributed by atoms with E-state index in [4.69, 9.17) is 10.4 Å². The maximum Gasteiger partial charge on any atom is 0.178 e. The van der Waals surface area contributed by atoms with E-state index in [1.807, 2.05) is 29.8 Å². The molecule has 0 amide bonds. The van der Waals surface area contributed by atoms with Crippen molar-refractivity contribution in [3.05, 3.63) is 41.9 Å². The van der Waals surface area contributed by atoms with E-state index < -0.39 is 0 Å². The summed E-state index contributed by atoms with van der Waals surface area (Å²) in [5.74, 6) is 3.34. The van der Waals surface area contributed by atoms with Crippen molar-refractivity contribution in [1.29, 1.82) is 5.26 Å². The number of nitrogens with zero attached hydrogens (tertiary/aromatic N) is 8. The van der Waals surface area contributed by atoms with Gasteiger partial charge in [0.1, 0.15) is 17.7 Å². The van der Waals surface area contributed by atoms with Crippen molar-refractivity contribution in [3.63, 3.8) is 0 Å². The Morgan fingerprint density at radius 3 is 2.67 bits per heavy atom. The Morgan fingerprint density at radius 2 is 2.00 bits per heavy atom. The van der Waals surface area contributed by atoms with E-state index in [-0.39, 0.29) is 0 Å². The zero-order valence-corrected chi connectivity index (χ0v) is 15.2. The highest BCUT2D eigenvalue weighted by Crippen LogP contribution is 2.35. The van der Waals surface area contributed by atoms with Crippen LogP contribution in [0, 0.1) is 11.3 Å². The van der Waals surface area contributed by atoms with Gasteiger partial charge in [-0.15, -0.1) is 15.3 Å². The molecule has 0 spiro atoms. The molecule has 1 aliphatic carbocycles. The van der Waals surface area contributed by atoms with Crippen LogP contribution in [0.1, 0.15) is 36.6 Å². The zero-order valence-electron chi connectivity index (χ0n) is 15.2. The van der Waals surface area contributed by atoms with E-state index in [0.717, 1.165) is 36.2 Å². The Kier molecular flexibility index (Phi) is 3.67. The fraction of sp³-hybridized carbons (Fsp3) is 0.421. The lowest BCUT2D eigenvalue weighted by Crippen LogP contribution is -2.59. The highest BCUT2D eigenvalue weighted by Gasteiger charge is 2.32. The second-order valence-electron chi connectivity index (χ2n) is 7.33. The van der Waals surface area contributed by atoms with Crippen LogP contribution in [0.4, 0.5) is 11.6 Å². The maximum absolute atomic E-state index is 8.90. The second kappa shape index (κ2) is 6.20. The summed E-state index contributed by atoms with van der Waals surface area (Å²) in [5.41, 5.74) is 1.40. The summed E-state index contributed by atoms with van der Waals surface area (Å²) >= 11 is 0. The average molecular weight is 360 g/mol. The van der Waals surface area contributed by atoms with Crippen LogP contribution in [-0.2, 0) is 0 Å². The predicted molar refractivity (Wildman–Crippen MR) is 101 cm³/mol. The fourth-order valence-electron chi connectivity index (χ4n) is 3.62. The second-order valence-corrected chi connectivity index (χ2v) is 7.33. The first-order valence-electron chi connectivity index (χ1n) is 9.29. The first-order chi connectivity index (χ1) is 13.2. The van der Waals surface area contributed by atoms with Gasteiger partial charge in [0.05, 0.1) is 11.6 Å². The summed E-state index contributed by atoms with van der Waals surface area (Å²) in [6.07, 6.45) is 5.25. The number of likely N-dealkylation sites (N-methyl/N-ethyl adjacent to an activating group) is 1. The van der Waals surface area contributed by atoms with Gasteiger partial charge < -0.3 is 9.80 Å². The van der Waals surface area contributed by atoms with E-state index >= 15 is 0 Å². The van der Waals surface area contributed by atoms with Crippen molar-refractivity contribution in [1.82, 2.24) is 24.8 Å². The third-order valence-electron chi connectivity index (χ3n) is 5.72. The molecule has 2 fully saturated rings. The van der Waals surface area contributed by atoms with Crippen LogP contribution < -0.4 is 9.80 Å². The summed E-state index contributed by atoms with van der Waals surface area (Å²) < 4.78 is 1.92. The van der Waals surface area contributed by atoms with Gasteiger partial charge in [0.15, 0.2) is 11.5 Å². The van der Waals surface area contributed by atoms with Gasteiger partial charge in [0.25, 0.3) is 0 Å². The summed E-state index contributed by atoms with van der Waals surface area (Å²) in [6, 6.07) is 10.2. The summed E-state index contributed by atoms with van der Waals surface area (Å²) in [7, 11) is 2.04. The van der Waals surface area contributed by atoms with Gasteiger partial charge in [-0.2, -0.15) is 9.78 Å². The Hall–Kier alpha value is -3.21. The fourth-order valence-corrected chi connectivity index (χ4v) is 3.62. The molecular formula is C19H20N8. The first kappa shape index (κ1) is 16.0. The van der Waals surface area contributed by atoms with Crippen LogP contribution in [-0.4, -0.2) is 51.0 Å². The quantitative estimate of drug-likeness (QED) is 0.703. The van der Waals surface area contributed by atoms with Crippen LogP contribution in [0.2, 0.25) is 0 Å². The summed E-state index contributed by atoms with van der Waals surface area (Å²) in [5, 5.41) is 22.3. The van der Waals surface area contributed by atoms with E-state index in [1.165, 1.54) is 19.3 Å². The highest BCUT2D eigenvalue weighted by atomic mass is 15.4. The number of anilines is 2. The van der Waals surface area contributed by atoms with E-state index in [9.17, 15) is 0 Å². The average Bonchev–Trinajstić information content (AvgIpc) is 3.02. The molecule has 136 valence electrons. The van der Waals surface area contributed by atoms with E-state index in [0.29, 0.717) is 17.5 Å². The molecule has 3 aromatic rings. The molecule has 0 bridgehead atoms. The van der Waals surface area contributed by atoms with Crippen molar-refractivity contribution in [2.75, 3.05) is 29.9 Å². The lowest BCUT2D eigenvalue weighted by molar-refractivity contribution is 0.394. The van der Waals surface area contributed by atoms with E-state index in [1.54, 1.807) is 12.3 Å². The van der Waals surface area contributed by atoms with Gasteiger partial charge in [-0.1, -0.05) is 6.42 Å². The van der Waals surface area contributed by atoms with Gasteiger partial charge in [-0.05, 0) is 37.1 Å². The molecule has 1 saturated heterocycles. The Labute approximate surface area is 157 Å². The van der Waals surface area contributed by atoms with Crippen LogP contribution in [0.25, 0.3) is 5.65 Å². The number of fused-ring (bicyclic) bond motifs is 1. The van der Waals surface area contributed by atoms with Gasteiger partial charge >= 0.3 is 0 Å². The van der Waals surface area contributed by atoms with Crippen molar-refractivity contribution < 1.29 is 0 Å². The predicted octanol–water partition coefficient (Wildman–Crippen LogP) is 1.98. The van der Waals surface area contributed by atoms with Crippen LogP contribution >= 0.6 is 0 Å². The zero-order chi connectivity index (χ0) is 18.4. The molecule has 0 N–H and O–H groups in total. The minimum Gasteiger partial charge on any atom is -0.353 e. The van der Waals surface area contributed by atoms with Gasteiger partial charge in [-0.25, -0.2) is 4.98 Å². The molecule has 4 heterocycles. The van der Waals surface area contributed by atoms with Crippen molar-refractivity contribution >= 4 is 17.3 Å². The number of hydrogen-bond acceptors (Lipinski definition) is 7. The minimum atomic E-state index is 0.370. The number of pyridine rings is 1. The van der Waals surface area contributed by atoms with Crippen LogP contribution in [0.5, 0.6) is 0 Å². The molecule has 1 saturated carbocycles. The van der Waals surface area contributed by atoms with Crippen LogP contribution in [0.15, 0.2) is 30.5 Å². The van der Waals surface area contributed by atoms with Crippen LogP contribution in [0.3, 0.4) is 0 Å². The molecular weight excluding hydrogens is 340 g/mol. The standard InChI is InChI=1S/C19H20N8/c1-25(16-6-5-13(9-20)10-21-16)15-11-26(12-15)18-8-7-17-22-23-19(27(17)24-18)14-3-2-4-14/h5-8,10,14-15H,2-4,11-12H2,1H3. The number of nitriles is 1. The van der Waals surface area contributed by atoms with E-state index in [2.05, 4.69) is 31.1 Å². The Balaban J connectivity index is 1.30. The Bertz CT molecular complexity index is 1010. The SMILES string of the molecule is CN(c1ccc(C#N)cn1)C1CN(c2ccc3nnc(C4CCC4)n3n2)C1. The first-order valence-corrected chi connectivity index (χ1v) is 9.29. The number of aromatic nitrogens is 5. The smallest absolute Gasteiger partial charge is 0.178 e. The van der Waals surface area contributed by atoms with Crippen molar-refractivity contribution in [2.45, 2.75) is 31.2 Å². The molecule has 8 heteroatoms. The number of rotatable bonds is 4. The summed E-state index contributed by atoms with van der Waals surface area (Å²) in [6.45, 7) is 1.77. The monoisotopic (exact) mass is 360 g/mol. The lowest BCUT2D eigenvalue weighted by Gasteiger charge is -2.45. The van der Waals surface area contributed by atoms with Crippen molar-refractivity contribution in [2.24, 2.45) is 0 Å². The molecule has 1 aliphatic heterocycles. The van der Waals surface area contributed by atoms with Gasteiger partial charge in [-0.3, -0.25) is 0 Å². The molecule has 27 heavy (non-hydrogen) atoms. The lowest BCUT2D eigenvalue weighted by atomic mass is 9.85. The minimum absolute atomic E-state index is 0.370. The topological polar surface area (TPSA) is 86.2 Å². The third kappa shape index (κ3) is 2.67.